The molecule has 0 spiro atoms. The molecule has 0 aromatic rings. The molecule has 3 atom stereocenters. The number of amides is 2. The fourth-order valence-electron chi connectivity index (χ4n) is 2.35. The molecule has 0 bridgehead atoms. The van der Waals surface area contributed by atoms with Crippen LogP contribution in [0.2, 0.25) is 0 Å². The number of aliphatic carboxylic acids is 1. The van der Waals surface area contributed by atoms with Gasteiger partial charge in [-0.1, -0.05) is 13.8 Å². The molecule has 1 rings (SSSR count). The molecule has 0 aromatic carbocycles. The zero-order chi connectivity index (χ0) is 13.9. The summed E-state index contributed by atoms with van der Waals surface area (Å²) in [5.74, 6) is -1.02. The van der Waals surface area contributed by atoms with Gasteiger partial charge in [-0.2, -0.15) is 0 Å². The lowest BCUT2D eigenvalue weighted by atomic mass is 10.0. The summed E-state index contributed by atoms with van der Waals surface area (Å²) < 4.78 is 0. The SMILES string of the molecule is CC(C)C1CCCN1C(=O)NC(C)C(C)C(=O)O. The monoisotopic (exact) mass is 256 g/mol. The highest BCUT2D eigenvalue weighted by molar-refractivity contribution is 5.77. The fourth-order valence-corrected chi connectivity index (χ4v) is 2.35. The Morgan fingerprint density at radius 1 is 1.28 bits per heavy atom. The molecule has 3 unspecified atom stereocenters. The standard InChI is InChI=1S/C13H24N2O3/c1-8(2)11-6-5-7-15(11)13(18)14-10(4)9(3)12(16)17/h8-11H,5-7H2,1-4H3,(H,14,18)(H,16,17). The summed E-state index contributed by atoms with van der Waals surface area (Å²) in [7, 11) is 0. The molecular weight excluding hydrogens is 232 g/mol. The molecule has 5 heteroatoms. The normalized spacial score (nSPS) is 22.9. The van der Waals surface area contributed by atoms with E-state index in [1.165, 1.54) is 0 Å². The first kappa shape index (κ1) is 14.8. The van der Waals surface area contributed by atoms with Crippen LogP contribution < -0.4 is 5.32 Å². The van der Waals surface area contributed by atoms with Crippen LogP contribution in [-0.4, -0.2) is 40.6 Å². The summed E-state index contributed by atoms with van der Waals surface area (Å²) in [6.45, 7) is 8.33. The molecule has 5 nitrogen and oxygen atoms in total. The minimum Gasteiger partial charge on any atom is -0.481 e. The Balaban J connectivity index is 2.57. The largest absolute Gasteiger partial charge is 0.481 e. The second kappa shape index (κ2) is 6.07. The molecule has 0 aromatic heterocycles. The predicted molar refractivity (Wildman–Crippen MR) is 69.4 cm³/mol. The topological polar surface area (TPSA) is 69.6 Å². The first-order valence-corrected chi connectivity index (χ1v) is 6.64. The number of carbonyl (C=O) groups excluding carboxylic acids is 1. The number of hydrogen-bond donors (Lipinski definition) is 2. The van der Waals surface area contributed by atoms with Crippen molar-refractivity contribution >= 4 is 12.0 Å². The Bertz CT molecular complexity index is 317. The van der Waals surface area contributed by atoms with Crippen molar-refractivity contribution in [3.63, 3.8) is 0 Å². The van der Waals surface area contributed by atoms with Gasteiger partial charge < -0.3 is 15.3 Å². The highest BCUT2D eigenvalue weighted by Gasteiger charge is 2.32. The molecule has 1 heterocycles. The van der Waals surface area contributed by atoms with Crippen molar-refractivity contribution in [2.45, 2.75) is 52.6 Å². The van der Waals surface area contributed by atoms with Crippen molar-refractivity contribution in [3.8, 4) is 0 Å². The number of nitrogens with one attached hydrogen (secondary N) is 1. The molecule has 2 N–H and O–H groups in total. The van der Waals surface area contributed by atoms with Crippen LogP contribution in [-0.2, 0) is 4.79 Å². The maximum absolute atomic E-state index is 12.1. The van der Waals surface area contributed by atoms with E-state index in [9.17, 15) is 9.59 Å². The average molecular weight is 256 g/mol. The summed E-state index contributed by atoms with van der Waals surface area (Å²) >= 11 is 0. The number of carbonyl (C=O) groups is 2. The van der Waals surface area contributed by atoms with Crippen LogP contribution in [0.15, 0.2) is 0 Å². The Hall–Kier alpha value is -1.26. The van der Waals surface area contributed by atoms with E-state index in [0.29, 0.717) is 5.92 Å². The molecular formula is C13H24N2O3. The number of hydrogen-bond acceptors (Lipinski definition) is 2. The smallest absolute Gasteiger partial charge is 0.317 e. The highest BCUT2D eigenvalue weighted by Crippen LogP contribution is 2.23. The van der Waals surface area contributed by atoms with Crippen LogP contribution in [0, 0.1) is 11.8 Å². The van der Waals surface area contributed by atoms with E-state index in [-0.39, 0.29) is 18.1 Å². The van der Waals surface area contributed by atoms with Gasteiger partial charge in [-0.25, -0.2) is 4.79 Å². The van der Waals surface area contributed by atoms with Crippen molar-refractivity contribution in [1.82, 2.24) is 10.2 Å². The van der Waals surface area contributed by atoms with E-state index >= 15 is 0 Å². The van der Waals surface area contributed by atoms with Crippen LogP contribution in [0.4, 0.5) is 4.79 Å². The van der Waals surface area contributed by atoms with Gasteiger partial charge in [-0.3, -0.25) is 4.79 Å². The molecule has 104 valence electrons. The van der Waals surface area contributed by atoms with Crippen molar-refractivity contribution in [1.29, 1.82) is 0 Å². The lowest BCUT2D eigenvalue weighted by Crippen LogP contribution is -2.49. The molecule has 0 saturated carbocycles. The van der Waals surface area contributed by atoms with Crippen molar-refractivity contribution in [2.75, 3.05) is 6.54 Å². The third kappa shape index (κ3) is 3.37. The summed E-state index contributed by atoms with van der Waals surface area (Å²) in [4.78, 5) is 24.8. The number of carboxylic acid groups (broad SMARTS) is 1. The van der Waals surface area contributed by atoms with Crippen LogP contribution in [0.3, 0.4) is 0 Å². The Kier molecular flexibility index (Phi) is 4.99. The molecule has 1 aliphatic rings. The third-order valence-electron chi connectivity index (χ3n) is 3.82. The zero-order valence-corrected chi connectivity index (χ0v) is 11.6. The summed E-state index contributed by atoms with van der Waals surface area (Å²) in [5.41, 5.74) is 0. The van der Waals surface area contributed by atoms with Crippen LogP contribution >= 0.6 is 0 Å². The highest BCUT2D eigenvalue weighted by atomic mass is 16.4. The van der Waals surface area contributed by atoms with Gasteiger partial charge in [-0.15, -0.1) is 0 Å². The molecule has 2 amide bonds. The minimum atomic E-state index is -0.885. The maximum atomic E-state index is 12.1. The van der Waals surface area contributed by atoms with Crippen LogP contribution in [0.1, 0.15) is 40.5 Å². The average Bonchev–Trinajstić information content (AvgIpc) is 2.76. The number of rotatable bonds is 4. The number of likely N-dealkylation sites (tertiary alicyclic amines) is 1. The molecule has 1 fully saturated rings. The van der Waals surface area contributed by atoms with E-state index < -0.39 is 11.9 Å². The van der Waals surface area contributed by atoms with E-state index in [0.717, 1.165) is 19.4 Å². The zero-order valence-electron chi connectivity index (χ0n) is 11.6. The quantitative estimate of drug-likeness (QED) is 0.807. The van der Waals surface area contributed by atoms with Gasteiger partial charge in [-0.05, 0) is 32.6 Å². The molecule has 1 saturated heterocycles. The van der Waals surface area contributed by atoms with E-state index in [2.05, 4.69) is 19.2 Å². The van der Waals surface area contributed by atoms with Crippen molar-refractivity contribution in [2.24, 2.45) is 11.8 Å². The summed E-state index contributed by atoms with van der Waals surface area (Å²) in [6.07, 6.45) is 2.06. The van der Waals surface area contributed by atoms with E-state index in [4.69, 9.17) is 5.11 Å². The van der Waals surface area contributed by atoms with Crippen LogP contribution in [0.5, 0.6) is 0 Å². The van der Waals surface area contributed by atoms with Gasteiger partial charge in [0, 0.05) is 18.6 Å². The number of nitrogens with zero attached hydrogens (tertiary/aromatic N) is 1. The lowest BCUT2D eigenvalue weighted by molar-refractivity contribution is -0.141. The van der Waals surface area contributed by atoms with Gasteiger partial charge in [0.05, 0.1) is 5.92 Å². The van der Waals surface area contributed by atoms with E-state index in [1.807, 2.05) is 4.90 Å². The molecule has 18 heavy (non-hydrogen) atoms. The first-order valence-electron chi connectivity index (χ1n) is 6.64. The predicted octanol–water partition coefficient (Wildman–Crippen LogP) is 1.93. The summed E-state index contributed by atoms with van der Waals surface area (Å²) in [6, 6.07) is -0.215. The molecule has 0 aliphatic carbocycles. The second-order valence-corrected chi connectivity index (χ2v) is 5.51. The van der Waals surface area contributed by atoms with Gasteiger partial charge in [0.1, 0.15) is 0 Å². The van der Waals surface area contributed by atoms with Gasteiger partial charge in [0.25, 0.3) is 0 Å². The van der Waals surface area contributed by atoms with E-state index in [1.54, 1.807) is 13.8 Å². The van der Waals surface area contributed by atoms with Crippen molar-refractivity contribution < 1.29 is 14.7 Å². The first-order chi connectivity index (χ1) is 8.34. The minimum absolute atomic E-state index is 0.133. The maximum Gasteiger partial charge on any atom is 0.317 e. The Morgan fingerprint density at radius 3 is 2.39 bits per heavy atom. The number of urea groups is 1. The third-order valence-corrected chi connectivity index (χ3v) is 3.82. The van der Waals surface area contributed by atoms with Crippen molar-refractivity contribution in [3.05, 3.63) is 0 Å². The van der Waals surface area contributed by atoms with Crippen LogP contribution in [0.25, 0.3) is 0 Å². The van der Waals surface area contributed by atoms with Gasteiger partial charge in [0.2, 0.25) is 0 Å². The van der Waals surface area contributed by atoms with Gasteiger partial charge >= 0.3 is 12.0 Å². The molecule has 0 radical (unpaired) electrons. The second-order valence-electron chi connectivity index (χ2n) is 5.51. The Morgan fingerprint density at radius 2 is 1.89 bits per heavy atom. The molecule has 1 aliphatic heterocycles. The fraction of sp³-hybridized carbons (Fsp3) is 0.846. The summed E-state index contributed by atoms with van der Waals surface area (Å²) in [5, 5.41) is 11.7. The number of carboxylic acids is 1. The van der Waals surface area contributed by atoms with Gasteiger partial charge in [0.15, 0.2) is 0 Å². The lowest BCUT2D eigenvalue weighted by Gasteiger charge is -2.30. The Labute approximate surface area is 109 Å².